The van der Waals surface area contributed by atoms with Crippen LogP contribution in [-0.2, 0) is 4.79 Å². The van der Waals surface area contributed by atoms with Crippen molar-refractivity contribution in [2.45, 2.75) is 26.0 Å². The summed E-state index contributed by atoms with van der Waals surface area (Å²) in [6, 6.07) is 6.75. The summed E-state index contributed by atoms with van der Waals surface area (Å²) in [5, 5.41) is 9.31. The van der Waals surface area contributed by atoms with E-state index in [1.54, 1.807) is 17.0 Å². The van der Waals surface area contributed by atoms with E-state index >= 15 is 0 Å². The average Bonchev–Trinajstić information content (AvgIpc) is 2.46. The number of halogens is 1. The maximum absolute atomic E-state index is 13.3. The summed E-state index contributed by atoms with van der Waals surface area (Å²) in [6.45, 7) is 6.20. The standard InChI is InChI=1S/C15H21FN2O2/c1-11(13-4-3-5-14(16)10-13)17-6-8-18(9-7-17)15(20)12(2)19/h3-5,10-12,19H,6-9H2,1-2H3. The second-order valence-electron chi connectivity index (χ2n) is 5.27. The Kier molecular flexibility index (Phi) is 4.73. The molecular formula is C15H21FN2O2. The molecular weight excluding hydrogens is 259 g/mol. The van der Waals surface area contributed by atoms with Crippen LogP contribution in [0.2, 0.25) is 0 Å². The molecule has 0 bridgehead atoms. The Morgan fingerprint density at radius 1 is 1.25 bits per heavy atom. The first kappa shape index (κ1) is 14.9. The van der Waals surface area contributed by atoms with Crippen molar-refractivity contribution in [1.29, 1.82) is 0 Å². The molecule has 1 saturated heterocycles. The van der Waals surface area contributed by atoms with Crippen LogP contribution in [0.25, 0.3) is 0 Å². The number of hydrogen-bond donors (Lipinski definition) is 1. The molecule has 1 aromatic rings. The fraction of sp³-hybridized carbons (Fsp3) is 0.533. The lowest BCUT2D eigenvalue weighted by molar-refractivity contribution is -0.141. The van der Waals surface area contributed by atoms with E-state index in [-0.39, 0.29) is 17.8 Å². The lowest BCUT2D eigenvalue weighted by Gasteiger charge is -2.38. The molecule has 1 amide bonds. The fourth-order valence-corrected chi connectivity index (χ4v) is 2.57. The second kappa shape index (κ2) is 6.33. The van der Waals surface area contributed by atoms with Gasteiger partial charge in [-0.25, -0.2) is 4.39 Å². The van der Waals surface area contributed by atoms with Crippen LogP contribution in [-0.4, -0.2) is 53.1 Å². The van der Waals surface area contributed by atoms with E-state index in [0.29, 0.717) is 13.1 Å². The molecule has 1 heterocycles. The van der Waals surface area contributed by atoms with Crippen LogP contribution in [0.3, 0.4) is 0 Å². The minimum absolute atomic E-state index is 0.120. The van der Waals surface area contributed by atoms with Gasteiger partial charge in [0.25, 0.3) is 5.91 Å². The van der Waals surface area contributed by atoms with E-state index in [1.165, 1.54) is 13.0 Å². The highest BCUT2D eigenvalue weighted by molar-refractivity contribution is 5.80. The van der Waals surface area contributed by atoms with E-state index in [0.717, 1.165) is 18.7 Å². The highest BCUT2D eigenvalue weighted by atomic mass is 19.1. The zero-order valence-electron chi connectivity index (χ0n) is 11.9. The molecule has 5 heteroatoms. The Labute approximate surface area is 118 Å². The number of nitrogens with zero attached hydrogens (tertiary/aromatic N) is 2. The van der Waals surface area contributed by atoms with Crippen molar-refractivity contribution in [3.63, 3.8) is 0 Å². The third-order valence-corrected chi connectivity index (χ3v) is 3.86. The van der Waals surface area contributed by atoms with E-state index in [4.69, 9.17) is 0 Å². The molecule has 1 aliphatic heterocycles. The predicted octanol–water partition coefficient (Wildman–Crippen LogP) is 1.41. The van der Waals surface area contributed by atoms with Crippen molar-refractivity contribution in [3.8, 4) is 0 Å². The molecule has 2 unspecified atom stereocenters. The van der Waals surface area contributed by atoms with Gasteiger partial charge in [0.05, 0.1) is 0 Å². The Morgan fingerprint density at radius 2 is 1.90 bits per heavy atom. The summed E-state index contributed by atoms with van der Waals surface area (Å²) in [5.41, 5.74) is 0.945. The molecule has 2 atom stereocenters. The summed E-state index contributed by atoms with van der Waals surface area (Å²) >= 11 is 0. The minimum atomic E-state index is -0.942. The van der Waals surface area contributed by atoms with Crippen molar-refractivity contribution in [2.24, 2.45) is 0 Å². The third-order valence-electron chi connectivity index (χ3n) is 3.86. The van der Waals surface area contributed by atoms with Gasteiger partial charge >= 0.3 is 0 Å². The minimum Gasteiger partial charge on any atom is -0.384 e. The molecule has 1 N–H and O–H groups in total. The van der Waals surface area contributed by atoms with Gasteiger partial charge in [-0.15, -0.1) is 0 Å². The van der Waals surface area contributed by atoms with Crippen LogP contribution < -0.4 is 0 Å². The van der Waals surface area contributed by atoms with E-state index in [1.807, 2.05) is 13.0 Å². The first-order valence-electron chi connectivity index (χ1n) is 6.95. The molecule has 0 aliphatic carbocycles. The molecule has 20 heavy (non-hydrogen) atoms. The Bertz CT molecular complexity index is 471. The monoisotopic (exact) mass is 280 g/mol. The fourth-order valence-electron chi connectivity index (χ4n) is 2.57. The smallest absolute Gasteiger partial charge is 0.251 e. The van der Waals surface area contributed by atoms with Gasteiger partial charge in [-0.3, -0.25) is 9.69 Å². The topological polar surface area (TPSA) is 43.8 Å². The third kappa shape index (κ3) is 3.35. The maximum Gasteiger partial charge on any atom is 0.251 e. The van der Waals surface area contributed by atoms with Gasteiger partial charge in [-0.2, -0.15) is 0 Å². The summed E-state index contributed by atoms with van der Waals surface area (Å²) in [6.07, 6.45) is -0.942. The van der Waals surface area contributed by atoms with Gasteiger partial charge < -0.3 is 10.0 Å². The number of carbonyl (C=O) groups excluding carboxylic acids is 1. The van der Waals surface area contributed by atoms with E-state index in [9.17, 15) is 14.3 Å². The van der Waals surface area contributed by atoms with E-state index in [2.05, 4.69) is 4.90 Å². The van der Waals surface area contributed by atoms with Gasteiger partial charge in [-0.1, -0.05) is 12.1 Å². The zero-order valence-corrected chi connectivity index (χ0v) is 11.9. The SMILES string of the molecule is CC(O)C(=O)N1CCN(C(C)c2cccc(F)c2)CC1. The summed E-state index contributed by atoms with van der Waals surface area (Å²) in [5.74, 6) is -0.444. The van der Waals surface area contributed by atoms with Gasteiger partial charge in [-0.05, 0) is 31.5 Å². The number of aliphatic hydroxyl groups excluding tert-OH is 1. The van der Waals surface area contributed by atoms with Crippen molar-refractivity contribution >= 4 is 5.91 Å². The van der Waals surface area contributed by atoms with Gasteiger partial charge in [0, 0.05) is 32.2 Å². The maximum atomic E-state index is 13.3. The lowest BCUT2D eigenvalue weighted by Crippen LogP contribution is -2.51. The van der Waals surface area contributed by atoms with Crippen LogP contribution in [0.5, 0.6) is 0 Å². The summed E-state index contributed by atoms with van der Waals surface area (Å²) in [4.78, 5) is 15.6. The highest BCUT2D eigenvalue weighted by Gasteiger charge is 2.26. The number of amides is 1. The Hall–Kier alpha value is -1.46. The van der Waals surface area contributed by atoms with Crippen LogP contribution in [0.1, 0.15) is 25.5 Å². The molecule has 1 aliphatic rings. The largest absolute Gasteiger partial charge is 0.384 e. The van der Waals surface area contributed by atoms with Crippen molar-refractivity contribution in [1.82, 2.24) is 9.80 Å². The molecule has 1 aromatic carbocycles. The average molecular weight is 280 g/mol. The molecule has 0 radical (unpaired) electrons. The first-order valence-corrected chi connectivity index (χ1v) is 6.95. The summed E-state index contributed by atoms with van der Waals surface area (Å²) < 4.78 is 13.3. The number of hydrogen-bond acceptors (Lipinski definition) is 3. The number of benzene rings is 1. The van der Waals surface area contributed by atoms with Crippen molar-refractivity contribution in [3.05, 3.63) is 35.6 Å². The molecule has 0 aromatic heterocycles. The van der Waals surface area contributed by atoms with Gasteiger partial charge in [0.15, 0.2) is 0 Å². The van der Waals surface area contributed by atoms with Crippen LogP contribution in [0.15, 0.2) is 24.3 Å². The highest BCUT2D eigenvalue weighted by Crippen LogP contribution is 2.22. The van der Waals surface area contributed by atoms with Crippen molar-refractivity contribution < 1.29 is 14.3 Å². The Morgan fingerprint density at radius 3 is 2.45 bits per heavy atom. The molecule has 1 fully saturated rings. The second-order valence-corrected chi connectivity index (χ2v) is 5.27. The zero-order chi connectivity index (χ0) is 14.7. The molecule has 0 saturated carbocycles. The van der Waals surface area contributed by atoms with E-state index < -0.39 is 6.10 Å². The van der Waals surface area contributed by atoms with Crippen molar-refractivity contribution in [2.75, 3.05) is 26.2 Å². The number of aliphatic hydroxyl groups is 1. The number of rotatable bonds is 3. The molecule has 110 valence electrons. The molecule has 2 rings (SSSR count). The molecule has 4 nitrogen and oxygen atoms in total. The normalized spacial score (nSPS) is 19.7. The van der Waals surface area contributed by atoms with Gasteiger partial charge in [0.1, 0.15) is 11.9 Å². The Balaban J connectivity index is 1.95. The predicted molar refractivity (Wildman–Crippen MR) is 74.6 cm³/mol. The van der Waals surface area contributed by atoms with Crippen LogP contribution >= 0.6 is 0 Å². The first-order chi connectivity index (χ1) is 9.49. The number of piperazine rings is 1. The lowest BCUT2D eigenvalue weighted by atomic mass is 10.1. The van der Waals surface area contributed by atoms with Crippen LogP contribution in [0.4, 0.5) is 4.39 Å². The number of carbonyl (C=O) groups is 1. The van der Waals surface area contributed by atoms with Gasteiger partial charge in [0.2, 0.25) is 0 Å². The van der Waals surface area contributed by atoms with Crippen LogP contribution in [0, 0.1) is 5.82 Å². The summed E-state index contributed by atoms with van der Waals surface area (Å²) in [7, 11) is 0. The quantitative estimate of drug-likeness (QED) is 0.910. The molecule has 0 spiro atoms.